The molecule has 0 bridgehead atoms. The van der Waals surface area contributed by atoms with Crippen molar-refractivity contribution in [3.05, 3.63) is 42.0 Å². The molecule has 0 spiro atoms. The first-order valence-electron chi connectivity index (χ1n) is 6.96. The van der Waals surface area contributed by atoms with Crippen molar-refractivity contribution in [1.29, 1.82) is 0 Å². The number of H-pyrrole nitrogens is 1. The second-order valence-electron chi connectivity index (χ2n) is 5.40. The number of aromatic nitrogens is 2. The highest BCUT2D eigenvalue weighted by atomic mass is 16.2. The molecule has 1 aliphatic heterocycles. The highest BCUT2D eigenvalue weighted by Crippen LogP contribution is 2.17. The van der Waals surface area contributed by atoms with E-state index >= 15 is 0 Å². The molecule has 110 valence electrons. The molecular formula is C15H19N5O. The molecule has 1 aromatic heterocycles. The second kappa shape index (κ2) is 5.57. The van der Waals surface area contributed by atoms with Gasteiger partial charge in [-0.2, -0.15) is 0 Å². The number of carbonyl (C=O) groups is 1. The molecule has 6 nitrogen and oxygen atoms in total. The molecule has 0 saturated carbocycles. The average molecular weight is 285 g/mol. The van der Waals surface area contributed by atoms with Gasteiger partial charge in [-0.3, -0.25) is 10.1 Å². The van der Waals surface area contributed by atoms with Crippen molar-refractivity contribution < 1.29 is 4.79 Å². The Morgan fingerprint density at radius 2 is 2.10 bits per heavy atom. The molecule has 1 unspecified atom stereocenters. The summed E-state index contributed by atoms with van der Waals surface area (Å²) in [5.74, 6) is -0.0266. The van der Waals surface area contributed by atoms with E-state index in [1.54, 1.807) is 6.33 Å². The molecule has 3 rings (SSSR count). The number of amides is 1. The Morgan fingerprint density at radius 3 is 2.81 bits per heavy atom. The summed E-state index contributed by atoms with van der Waals surface area (Å²) in [7, 11) is 3.97. The smallest absolute Gasteiger partial charge is 0.241 e. The summed E-state index contributed by atoms with van der Waals surface area (Å²) in [4.78, 5) is 21.6. The molecule has 3 N–H and O–H groups in total. The number of carbonyl (C=O) groups excluding carboxylic acids is 1. The molecular weight excluding hydrogens is 266 g/mol. The van der Waals surface area contributed by atoms with Gasteiger partial charge in [0, 0.05) is 38.4 Å². The molecule has 0 fully saturated rings. The minimum absolute atomic E-state index is 0.0266. The predicted molar refractivity (Wildman–Crippen MR) is 82.3 cm³/mol. The number of nitrogens with zero attached hydrogens (tertiary/aromatic N) is 2. The van der Waals surface area contributed by atoms with Crippen LogP contribution in [-0.4, -0.2) is 36.0 Å². The number of rotatable bonds is 3. The molecule has 6 heteroatoms. The number of hydrogen-bond donors (Lipinski definition) is 3. The van der Waals surface area contributed by atoms with E-state index < -0.39 is 0 Å². The summed E-state index contributed by atoms with van der Waals surface area (Å²) in [5, 5.41) is 6.16. The van der Waals surface area contributed by atoms with Crippen molar-refractivity contribution in [3.63, 3.8) is 0 Å². The van der Waals surface area contributed by atoms with E-state index in [9.17, 15) is 4.79 Å². The maximum Gasteiger partial charge on any atom is 0.241 e. The van der Waals surface area contributed by atoms with Gasteiger partial charge in [0.05, 0.1) is 23.8 Å². The van der Waals surface area contributed by atoms with Crippen LogP contribution in [0.1, 0.15) is 11.4 Å². The summed E-state index contributed by atoms with van der Waals surface area (Å²) in [6, 6.07) is 7.55. The topological polar surface area (TPSA) is 73.0 Å². The van der Waals surface area contributed by atoms with Crippen LogP contribution in [0.25, 0.3) is 0 Å². The molecule has 2 heterocycles. The van der Waals surface area contributed by atoms with Crippen LogP contribution in [-0.2, 0) is 17.8 Å². The highest BCUT2D eigenvalue weighted by molar-refractivity contribution is 5.95. The number of anilines is 2. The van der Waals surface area contributed by atoms with E-state index in [0.717, 1.165) is 22.8 Å². The fourth-order valence-electron chi connectivity index (χ4n) is 2.43. The fraction of sp³-hybridized carbons (Fsp3) is 0.333. The third kappa shape index (κ3) is 2.90. The fourth-order valence-corrected chi connectivity index (χ4v) is 2.43. The van der Waals surface area contributed by atoms with Gasteiger partial charge in [0.15, 0.2) is 0 Å². The molecule has 2 aromatic rings. The lowest BCUT2D eigenvalue weighted by atomic mass is 10.0. The molecule has 1 amide bonds. The van der Waals surface area contributed by atoms with Crippen molar-refractivity contribution in [3.8, 4) is 0 Å². The third-order valence-electron chi connectivity index (χ3n) is 3.70. The minimum Gasteiger partial charge on any atom is -0.378 e. The van der Waals surface area contributed by atoms with Gasteiger partial charge in [0.1, 0.15) is 0 Å². The first-order valence-corrected chi connectivity index (χ1v) is 6.96. The summed E-state index contributed by atoms with van der Waals surface area (Å²) in [6.07, 6.45) is 2.28. The van der Waals surface area contributed by atoms with E-state index in [1.807, 2.05) is 43.3 Å². The minimum atomic E-state index is -0.241. The van der Waals surface area contributed by atoms with E-state index in [4.69, 9.17) is 0 Å². The monoisotopic (exact) mass is 285 g/mol. The molecule has 1 atom stereocenters. The summed E-state index contributed by atoms with van der Waals surface area (Å²) >= 11 is 0. The second-order valence-corrected chi connectivity index (χ2v) is 5.40. The Bertz CT molecular complexity index is 632. The Kier molecular flexibility index (Phi) is 3.62. The SMILES string of the molecule is CN(C)c1ccc(NC(=O)C2Cc3nc[nH]c3CN2)cc1. The Hall–Kier alpha value is -2.34. The van der Waals surface area contributed by atoms with Gasteiger partial charge < -0.3 is 15.2 Å². The Morgan fingerprint density at radius 1 is 1.33 bits per heavy atom. The zero-order valence-corrected chi connectivity index (χ0v) is 12.2. The zero-order chi connectivity index (χ0) is 14.8. The Labute approximate surface area is 123 Å². The van der Waals surface area contributed by atoms with Crippen LogP contribution >= 0.6 is 0 Å². The normalized spacial score (nSPS) is 17.1. The largest absolute Gasteiger partial charge is 0.378 e. The van der Waals surface area contributed by atoms with Crippen LogP contribution in [0.5, 0.6) is 0 Å². The van der Waals surface area contributed by atoms with E-state index in [-0.39, 0.29) is 11.9 Å². The van der Waals surface area contributed by atoms with Crippen LogP contribution in [0.15, 0.2) is 30.6 Å². The van der Waals surface area contributed by atoms with Gasteiger partial charge in [-0.25, -0.2) is 4.98 Å². The van der Waals surface area contributed by atoms with E-state index in [2.05, 4.69) is 20.6 Å². The van der Waals surface area contributed by atoms with Crippen LogP contribution in [0, 0.1) is 0 Å². The highest BCUT2D eigenvalue weighted by Gasteiger charge is 2.25. The molecule has 0 radical (unpaired) electrons. The van der Waals surface area contributed by atoms with E-state index in [0.29, 0.717) is 13.0 Å². The van der Waals surface area contributed by atoms with Crippen LogP contribution < -0.4 is 15.5 Å². The summed E-state index contributed by atoms with van der Waals surface area (Å²) < 4.78 is 0. The van der Waals surface area contributed by atoms with Gasteiger partial charge >= 0.3 is 0 Å². The summed E-state index contributed by atoms with van der Waals surface area (Å²) in [5.41, 5.74) is 3.94. The number of aromatic amines is 1. The Balaban J connectivity index is 1.64. The number of benzene rings is 1. The lowest BCUT2D eigenvalue weighted by Crippen LogP contribution is -2.44. The van der Waals surface area contributed by atoms with Crippen LogP contribution in [0.3, 0.4) is 0 Å². The van der Waals surface area contributed by atoms with Crippen molar-refractivity contribution in [1.82, 2.24) is 15.3 Å². The van der Waals surface area contributed by atoms with Crippen molar-refractivity contribution >= 4 is 17.3 Å². The lowest BCUT2D eigenvalue weighted by molar-refractivity contribution is -0.118. The first kappa shape index (κ1) is 13.6. The quantitative estimate of drug-likeness (QED) is 0.790. The third-order valence-corrected chi connectivity index (χ3v) is 3.70. The van der Waals surface area contributed by atoms with Gasteiger partial charge in [0.25, 0.3) is 0 Å². The van der Waals surface area contributed by atoms with Crippen LogP contribution in [0.4, 0.5) is 11.4 Å². The van der Waals surface area contributed by atoms with Gasteiger partial charge in [-0.05, 0) is 24.3 Å². The maximum absolute atomic E-state index is 12.3. The van der Waals surface area contributed by atoms with E-state index in [1.165, 1.54) is 0 Å². The molecule has 0 aliphatic carbocycles. The zero-order valence-electron chi connectivity index (χ0n) is 12.2. The van der Waals surface area contributed by atoms with Gasteiger partial charge in [-0.15, -0.1) is 0 Å². The van der Waals surface area contributed by atoms with Crippen molar-refractivity contribution in [2.24, 2.45) is 0 Å². The van der Waals surface area contributed by atoms with Crippen molar-refractivity contribution in [2.75, 3.05) is 24.3 Å². The number of fused-ring (bicyclic) bond motifs is 1. The van der Waals surface area contributed by atoms with Crippen LogP contribution in [0.2, 0.25) is 0 Å². The predicted octanol–water partition coefficient (Wildman–Crippen LogP) is 1.13. The molecule has 0 saturated heterocycles. The average Bonchev–Trinajstić information content (AvgIpc) is 2.95. The number of nitrogens with one attached hydrogen (secondary N) is 3. The standard InChI is InChI=1S/C15H19N5O/c1-20(2)11-5-3-10(4-6-11)19-15(21)13-7-12-14(8-16-13)18-9-17-12/h3-6,9,13,16H,7-8H2,1-2H3,(H,17,18)(H,19,21). The molecule has 21 heavy (non-hydrogen) atoms. The van der Waals surface area contributed by atoms with Crippen molar-refractivity contribution in [2.45, 2.75) is 19.0 Å². The first-order chi connectivity index (χ1) is 10.1. The lowest BCUT2D eigenvalue weighted by Gasteiger charge is -2.22. The molecule has 1 aliphatic rings. The maximum atomic E-state index is 12.3. The molecule has 1 aromatic carbocycles. The van der Waals surface area contributed by atoms with Gasteiger partial charge in [0.2, 0.25) is 5.91 Å². The number of hydrogen-bond acceptors (Lipinski definition) is 4. The summed E-state index contributed by atoms with van der Waals surface area (Å²) in [6.45, 7) is 0.646. The van der Waals surface area contributed by atoms with Gasteiger partial charge in [-0.1, -0.05) is 0 Å². The number of imidazole rings is 1.